The molecule has 9 nitrogen and oxygen atoms in total. The first-order valence-electron chi connectivity index (χ1n) is 8.99. The summed E-state index contributed by atoms with van der Waals surface area (Å²) in [6, 6.07) is 0.0257. The number of nitrogens with one attached hydrogen (secondary N) is 1. The number of carbonyl (C=O) groups excluding carboxylic acids is 1. The van der Waals surface area contributed by atoms with Crippen molar-refractivity contribution < 1.29 is 19.7 Å². The van der Waals surface area contributed by atoms with Gasteiger partial charge in [-0.1, -0.05) is 38.2 Å². The summed E-state index contributed by atoms with van der Waals surface area (Å²) >= 11 is 10.8. The van der Waals surface area contributed by atoms with Crippen molar-refractivity contribution in [1.29, 1.82) is 0 Å². The molecule has 1 aliphatic carbocycles. The van der Waals surface area contributed by atoms with Gasteiger partial charge in [-0.2, -0.15) is 0 Å². The Kier molecular flexibility index (Phi) is 16.0. The summed E-state index contributed by atoms with van der Waals surface area (Å²) in [5.74, 6) is 5.16. The standard InChI is InChI=1S/C14H24ClN5O2S.C3H8O2.CH4/c1-2-5-18-14(12(16)13(15)19-9-23)20(17)10-3-4-11(8-10)22-7-6-21;1-3(2,4)5;/h6,9-11H,2-5,7-8,16-17H2,1H3,(H,19,23);4-5H,1-2H3;1H4/b13-12+,18-14?;;. The van der Waals surface area contributed by atoms with Crippen LogP contribution in [0.2, 0.25) is 0 Å². The average molecular weight is 454 g/mol. The fraction of sp³-hybridized carbons (Fsp3) is 0.722. The zero-order valence-electron chi connectivity index (χ0n) is 16.6. The van der Waals surface area contributed by atoms with Gasteiger partial charge in [-0.15, -0.1) is 0 Å². The van der Waals surface area contributed by atoms with Crippen molar-refractivity contribution in [3.63, 3.8) is 0 Å². The van der Waals surface area contributed by atoms with Crippen LogP contribution in [-0.4, -0.2) is 63.9 Å². The molecule has 0 aromatic carbocycles. The maximum atomic E-state index is 10.4. The summed E-state index contributed by atoms with van der Waals surface area (Å²) in [5, 5.41) is 20.6. The summed E-state index contributed by atoms with van der Waals surface area (Å²) in [6.45, 7) is 5.30. The number of aliphatic imine (C=N–C) groups is 1. The van der Waals surface area contributed by atoms with Crippen molar-refractivity contribution in [2.24, 2.45) is 16.6 Å². The van der Waals surface area contributed by atoms with E-state index in [1.807, 2.05) is 6.92 Å². The number of aldehydes is 1. The van der Waals surface area contributed by atoms with E-state index in [2.05, 4.69) is 10.3 Å². The third-order valence-corrected chi connectivity index (χ3v) is 3.97. The first-order valence-corrected chi connectivity index (χ1v) is 9.84. The summed E-state index contributed by atoms with van der Waals surface area (Å²) in [7, 11) is 0. The number of nitrogens with two attached hydrogens (primary N) is 2. The van der Waals surface area contributed by atoms with E-state index in [-0.39, 0.29) is 37.0 Å². The van der Waals surface area contributed by atoms with Gasteiger partial charge in [0.2, 0.25) is 0 Å². The maximum Gasteiger partial charge on any atom is 0.164 e. The SMILES string of the molecule is C.CC(C)(O)O.CCCN=C(/C(N)=C(/Cl)NC=S)N(N)C1CCC(OCC=O)C1. The molecule has 0 aromatic rings. The van der Waals surface area contributed by atoms with Crippen LogP contribution in [0.1, 0.15) is 53.9 Å². The van der Waals surface area contributed by atoms with E-state index >= 15 is 0 Å². The summed E-state index contributed by atoms with van der Waals surface area (Å²) in [5.41, 5.74) is 7.58. The Morgan fingerprint density at radius 3 is 2.52 bits per heavy atom. The first kappa shape index (κ1) is 29.9. The largest absolute Gasteiger partial charge is 0.393 e. The highest BCUT2D eigenvalue weighted by Crippen LogP contribution is 2.26. The molecule has 0 bridgehead atoms. The topological polar surface area (TPSA) is 146 Å². The molecule has 0 saturated heterocycles. The van der Waals surface area contributed by atoms with E-state index in [1.54, 1.807) is 5.01 Å². The number of rotatable bonds is 9. The van der Waals surface area contributed by atoms with Gasteiger partial charge >= 0.3 is 0 Å². The number of ether oxygens (including phenoxy) is 1. The minimum Gasteiger partial charge on any atom is -0.393 e. The second kappa shape index (κ2) is 15.5. The Balaban J connectivity index is 0. The smallest absolute Gasteiger partial charge is 0.164 e. The number of halogens is 1. The molecular weight excluding hydrogens is 418 g/mol. The quantitative estimate of drug-likeness (QED) is 0.0510. The molecule has 11 heteroatoms. The van der Waals surface area contributed by atoms with Crippen LogP contribution in [0.15, 0.2) is 15.8 Å². The Morgan fingerprint density at radius 2 is 2.03 bits per heavy atom. The summed E-state index contributed by atoms with van der Waals surface area (Å²) in [6.07, 6.45) is 4.00. The highest BCUT2D eigenvalue weighted by Gasteiger charge is 2.31. The van der Waals surface area contributed by atoms with Crippen molar-refractivity contribution >= 4 is 41.4 Å². The van der Waals surface area contributed by atoms with Crippen LogP contribution in [0.4, 0.5) is 0 Å². The minimum absolute atomic E-state index is 0. The van der Waals surface area contributed by atoms with E-state index in [4.69, 9.17) is 50.3 Å². The second-order valence-electron chi connectivity index (χ2n) is 6.69. The first-order chi connectivity index (χ1) is 13.0. The number of aliphatic hydroxyl groups is 2. The van der Waals surface area contributed by atoms with Crippen LogP contribution in [0, 0.1) is 0 Å². The normalized spacial score (nSPS) is 19.9. The van der Waals surface area contributed by atoms with Gasteiger partial charge < -0.3 is 30.8 Å². The monoisotopic (exact) mass is 453 g/mol. The lowest BCUT2D eigenvalue weighted by Crippen LogP contribution is -2.47. The molecule has 0 amide bonds. The molecular formula is C18H36ClN5O4S. The predicted molar refractivity (Wildman–Crippen MR) is 121 cm³/mol. The number of hydrogen-bond acceptors (Lipinski definition) is 8. The Bertz CT molecular complexity index is 549. The van der Waals surface area contributed by atoms with Gasteiger partial charge in [-0.25, -0.2) is 5.84 Å². The fourth-order valence-electron chi connectivity index (χ4n) is 2.42. The predicted octanol–water partition coefficient (Wildman–Crippen LogP) is 1.36. The number of nitrogens with zero attached hydrogens (tertiary/aromatic N) is 2. The minimum atomic E-state index is -1.50. The lowest BCUT2D eigenvalue weighted by atomic mass is 10.2. The van der Waals surface area contributed by atoms with Crippen LogP contribution in [0.25, 0.3) is 0 Å². The van der Waals surface area contributed by atoms with Gasteiger partial charge in [0, 0.05) is 12.6 Å². The molecule has 0 aromatic heterocycles. The maximum absolute atomic E-state index is 10.4. The van der Waals surface area contributed by atoms with Gasteiger partial charge in [0.15, 0.2) is 11.6 Å². The molecule has 1 saturated carbocycles. The lowest BCUT2D eigenvalue weighted by molar-refractivity contribution is -0.127. The lowest BCUT2D eigenvalue weighted by Gasteiger charge is -2.28. The van der Waals surface area contributed by atoms with E-state index in [0.29, 0.717) is 18.8 Å². The van der Waals surface area contributed by atoms with Crippen molar-refractivity contribution in [3.05, 3.63) is 10.9 Å². The molecule has 170 valence electrons. The van der Waals surface area contributed by atoms with Gasteiger partial charge in [-0.3, -0.25) is 10.0 Å². The van der Waals surface area contributed by atoms with Crippen molar-refractivity contribution in [2.45, 2.75) is 71.8 Å². The van der Waals surface area contributed by atoms with Crippen molar-refractivity contribution in [1.82, 2.24) is 10.3 Å². The molecule has 1 aliphatic rings. The number of amidine groups is 1. The van der Waals surface area contributed by atoms with Crippen LogP contribution in [0.5, 0.6) is 0 Å². The van der Waals surface area contributed by atoms with Gasteiger partial charge in [0.1, 0.15) is 23.7 Å². The molecule has 0 spiro atoms. The molecule has 1 fully saturated rings. The van der Waals surface area contributed by atoms with E-state index < -0.39 is 5.79 Å². The molecule has 2 unspecified atom stereocenters. The molecule has 0 radical (unpaired) electrons. The molecule has 0 heterocycles. The Morgan fingerprint density at radius 1 is 1.45 bits per heavy atom. The zero-order valence-corrected chi connectivity index (χ0v) is 18.2. The highest BCUT2D eigenvalue weighted by molar-refractivity contribution is 7.78. The third kappa shape index (κ3) is 13.5. The molecule has 2 atom stereocenters. The third-order valence-electron chi connectivity index (χ3n) is 3.54. The van der Waals surface area contributed by atoms with E-state index in [9.17, 15) is 4.79 Å². The average Bonchev–Trinajstić information content (AvgIpc) is 3.07. The van der Waals surface area contributed by atoms with Crippen molar-refractivity contribution in [3.8, 4) is 0 Å². The van der Waals surface area contributed by atoms with Crippen molar-refractivity contribution in [2.75, 3.05) is 13.2 Å². The molecule has 0 aliphatic heterocycles. The number of hydrogen-bond donors (Lipinski definition) is 5. The summed E-state index contributed by atoms with van der Waals surface area (Å²) < 4.78 is 5.45. The fourth-order valence-corrected chi connectivity index (χ4v) is 2.74. The Hall–Kier alpha value is -1.30. The van der Waals surface area contributed by atoms with Gasteiger partial charge in [-0.05, 0) is 39.5 Å². The highest BCUT2D eigenvalue weighted by atomic mass is 35.5. The summed E-state index contributed by atoms with van der Waals surface area (Å²) in [4.78, 5) is 14.8. The second-order valence-corrected chi connectivity index (χ2v) is 7.30. The van der Waals surface area contributed by atoms with E-state index in [1.165, 1.54) is 19.3 Å². The van der Waals surface area contributed by atoms with Crippen LogP contribution >= 0.6 is 23.8 Å². The Labute approximate surface area is 184 Å². The van der Waals surface area contributed by atoms with Crippen LogP contribution in [0.3, 0.4) is 0 Å². The van der Waals surface area contributed by atoms with Gasteiger partial charge in [0.05, 0.1) is 11.6 Å². The zero-order chi connectivity index (χ0) is 21.7. The number of hydrazine groups is 1. The van der Waals surface area contributed by atoms with Crippen LogP contribution in [-0.2, 0) is 9.53 Å². The molecule has 7 N–H and O–H groups in total. The van der Waals surface area contributed by atoms with E-state index in [0.717, 1.165) is 25.5 Å². The molecule has 1 rings (SSSR count). The number of carbonyl (C=O) groups is 1. The van der Waals surface area contributed by atoms with Gasteiger partial charge in [0.25, 0.3) is 0 Å². The van der Waals surface area contributed by atoms with Crippen LogP contribution < -0.4 is 16.9 Å². The molecule has 29 heavy (non-hydrogen) atoms. The number of thiocarbonyl (C=S) groups is 1.